The monoisotopic (exact) mass is 266 g/mol. The van der Waals surface area contributed by atoms with Gasteiger partial charge in [-0.15, -0.1) is 0 Å². The summed E-state index contributed by atoms with van der Waals surface area (Å²) in [5.74, 6) is -0.160. The molecule has 8 nitrogen and oxygen atoms in total. The van der Waals surface area contributed by atoms with Crippen LogP contribution in [-0.2, 0) is 4.79 Å². The Bertz CT molecular complexity index is 464. The number of nitrogen functional groups attached to an aromatic ring is 1. The van der Waals surface area contributed by atoms with Gasteiger partial charge in [-0.25, -0.2) is 0 Å². The Morgan fingerprint density at radius 2 is 2.11 bits per heavy atom. The van der Waals surface area contributed by atoms with Gasteiger partial charge >= 0.3 is 0 Å². The lowest BCUT2D eigenvalue weighted by Crippen LogP contribution is -2.51. The van der Waals surface area contributed by atoms with Crippen LogP contribution in [0.4, 0.5) is 5.69 Å². The molecule has 8 heteroatoms. The number of hydrogen-bond donors (Lipinski definition) is 3. The number of aromatic nitrogens is 2. The van der Waals surface area contributed by atoms with Gasteiger partial charge in [0.15, 0.2) is 0 Å². The van der Waals surface area contributed by atoms with E-state index in [1.807, 2.05) is 4.90 Å². The maximum atomic E-state index is 12.1. The smallest absolute Gasteiger partial charge is 0.274 e. The van der Waals surface area contributed by atoms with E-state index in [0.29, 0.717) is 44.1 Å². The molecular formula is C11H18N6O2. The zero-order valence-electron chi connectivity index (χ0n) is 10.8. The fourth-order valence-corrected chi connectivity index (χ4v) is 2.02. The van der Waals surface area contributed by atoms with Crippen molar-refractivity contribution in [2.24, 2.45) is 0 Å². The van der Waals surface area contributed by atoms with Gasteiger partial charge in [-0.05, 0) is 0 Å². The molecule has 1 fully saturated rings. The van der Waals surface area contributed by atoms with E-state index in [2.05, 4.69) is 15.5 Å². The summed E-state index contributed by atoms with van der Waals surface area (Å²) < 4.78 is 0. The molecule has 2 heterocycles. The molecule has 104 valence electrons. The number of rotatable bonds is 3. The summed E-state index contributed by atoms with van der Waals surface area (Å²) in [6.45, 7) is 2.87. The van der Waals surface area contributed by atoms with Gasteiger partial charge in [0.2, 0.25) is 5.91 Å². The molecule has 0 spiro atoms. The molecule has 0 aliphatic carbocycles. The van der Waals surface area contributed by atoms with Gasteiger partial charge in [-0.1, -0.05) is 0 Å². The van der Waals surface area contributed by atoms with Gasteiger partial charge in [-0.2, -0.15) is 5.10 Å². The summed E-state index contributed by atoms with van der Waals surface area (Å²) in [6.07, 6.45) is 1.43. The van der Waals surface area contributed by atoms with Crippen LogP contribution >= 0.6 is 0 Å². The number of carbonyl (C=O) groups excluding carboxylic acids is 2. The van der Waals surface area contributed by atoms with Crippen LogP contribution in [0.5, 0.6) is 0 Å². The molecule has 1 aliphatic rings. The number of anilines is 1. The molecule has 0 radical (unpaired) electrons. The summed E-state index contributed by atoms with van der Waals surface area (Å²) in [4.78, 5) is 27.1. The Balaban J connectivity index is 1.88. The zero-order chi connectivity index (χ0) is 13.8. The maximum absolute atomic E-state index is 12.1. The van der Waals surface area contributed by atoms with E-state index < -0.39 is 0 Å². The van der Waals surface area contributed by atoms with Crippen LogP contribution in [0.15, 0.2) is 6.20 Å². The van der Waals surface area contributed by atoms with E-state index in [0.717, 1.165) is 0 Å². The van der Waals surface area contributed by atoms with E-state index in [4.69, 9.17) is 5.73 Å². The Labute approximate surface area is 110 Å². The van der Waals surface area contributed by atoms with Crippen LogP contribution in [-0.4, -0.2) is 71.6 Å². The van der Waals surface area contributed by atoms with Gasteiger partial charge < -0.3 is 16.0 Å². The Morgan fingerprint density at radius 3 is 2.63 bits per heavy atom. The third-order valence-electron chi connectivity index (χ3n) is 3.19. The van der Waals surface area contributed by atoms with E-state index in [1.54, 1.807) is 11.9 Å². The quantitative estimate of drug-likeness (QED) is 0.617. The lowest BCUT2D eigenvalue weighted by Gasteiger charge is -2.34. The lowest BCUT2D eigenvalue weighted by atomic mass is 10.2. The van der Waals surface area contributed by atoms with Crippen LogP contribution < -0.4 is 11.1 Å². The van der Waals surface area contributed by atoms with Crippen molar-refractivity contribution in [3.05, 3.63) is 11.9 Å². The van der Waals surface area contributed by atoms with Crippen LogP contribution in [0.3, 0.4) is 0 Å². The van der Waals surface area contributed by atoms with Crippen molar-refractivity contribution in [2.75, 3.05) is 45.5 Å². The fourth-order valence-electron chi connectivity index (χ4n) is 2.02. The fraction of sp³-hybridized carbons (Fsp3) is 0.545. The van der Waals surface area contributed by atoms with Gasteiger partial charge in [0.25, 0.3) is 5.91 Å². The first-order valence-corrected chi connectivity index (χ1v) is 6.13. The minimum atomic E-state index is -0.144. The largest absolute Gasteiger partial charge is 0.396 e. The standard InChI is InChI=1S/C11H18N6O2/c1-13-9(18)7-16-2-4-17(5-3-16)11(19)10-8(12)6-14-15-10/h6H,2-5,7,12H2,1H3,(H,13,18)(H,14,15). The average Bonchev–Trinajstić information content (AvgIpc) is 2.85. The summed E-state index contributed by atoms with van der Waals surface area (Å²) in [7, 11) is 1.61. The van der Waals surface area contributed by atoms with Gasteiger partial charge in [-0.3, -0.25) is 19.6 Å². The molecule has 0 atom stereocenters. The van der Waals surface area contributed by atoms with Crippen molar-refractivity contribution in [3.63, 3.8) is 0 Å². The molecule has 1 aliphatic heterocycles. The molecule has 0 saturated carbocycles. The molecule has 19 heavy (non-hydrogen) atoms. The van der Waals surface area contributed by atoms with Crippen molar-refractivity contribution in [1.29, 1.82) is 0 Å². The second-order valence-corrected chi connectivity index (χ2v) is 4.44. The number of amides is 2. The summed E-state index contributed by atoms with van der Waals surface area (Å²) >= 11 is 0. The summed E-state index contributed by atoms with van der Waals surface area (Å²) in [6, 6.07) is 0. The van der Waals surface area contributed by atoms with E-state index in [9.17, 15) is 9.59 Å². The van der Waals surface area contributed by atoms with Crippen molar-refractivity contribution in [1.82, 2.24) is 25.3 Å². The SMILES string of the molecule is CNC(=O)CN1CCN(C(=O)c2[nH]ncc2N)CC1. The number of piperazine rings is 1. The normalized spacial score (nSPS) is 16.4. The highest BCUT2D eigenvalue weighted by Gasteiger charge is 2.25. The maximum Gasteiger partial charge on any atom is 0.274 e. The summed E-state index contributed by atoms with van der Waals surface area (Å²) in [5, 5.41) is 8.94. The predicted molar refractivity (Wildman–Crippen MR) is 69.4 cm³/mol. The van der Waals surface area contributed by atoms with Crippen LogP contribution in [0, 0.1) is 0 Å². The number of carbonyl (C=O) groups is 2. The molecule has 1 saturated heterocycles. The number of likely N-dealkylation sites (N-methyl/N-ethyl adjacent to an activating group) is 1. The third-order valence-corrected chi connectivity index (χ3v) is 3.19. The Kier molecular flexibility index (Phi) is 4.00. The Hall–Kier alpha value is -2.09. The molecular weight excluding hydrogens is 248 g/mol. The second-order valence-electron chi connectivity index (χ2n) is 4.44. The highest BCUT2D eigenvalue weighted by atomic mass is 16.2. The number of nitrogens with two attached hydrogens (primary N) is 1. The lowest BCUT2D eigenvalue weighted by molar-refractivity contribution is -0.122. The van der Waals surface area contributed by atoms with Gasteiger partial charge in [0.05, 0.1) is 18.4 Å². The first-order chi connectivity index (χ1) is 9.11. The van der Waals surface area contributed by atoms with Crippen LogP contribution in [0.1, 0.15) is 10.5 Å². The van der Waals surface area contributed by atoms with Gasteiger partial charge in [0.1, 0.15) is 5.69 Å². The number of hydrogen-bond acceptors (Lipinski definition) is 5. The highest BCUT2D eigenvalue weighted by molar-refractivity contribution is 5.97. The molecule has 2 rings (SSSR count). The molecule has 0 aromatic carbocycles. The molecule has 1 aromatic heterocycles. The number of aromatic amines is 1. The van der Waals surface area contributed by atoms with E-state index in [1.165, 1.54) is 6.20 Å². The van der Waals surface area contributed by atoms with Gasteiger partial charge in [0, 0.05) is 33.2 Å². The second kappa shape index (κ2) is 5.70. The average molecular weight is 266 g/mol. The van der Waals surface area contributed by atoms with Crippen LogP contribution in [0.25, 0.3) is 0 Å². The minimum absolute atomic E-state index is 0.0161. The number of nitrogens with zero attached hydrogens (tertiary/aromatic N) is 3. The van der Waals surface area contributed by atoms with Crippen LogP contribution in [0.2, 0.25) is 0 Å². The number of nitrogens with one attached hydrogen (secondary N) is 2. The zero-order valence-corrected chi connectivity index (χ0v) is 10.8. The first kappa shape index (κ1) is 13.3. The predicted octanol–water partition coefficient (Wildman–Crippen LogP) is -1.50. The Morgan fingerprint density at radius 1 is 1.42 bits per heavy atom. The number of H-pyrrole nitrogens is 1. The summed E-state index contributed by atoms with van der Waals surface area (Å²) in [5.41, 5.74) is 6.35. The topological polar surface area (TPSA) is 107 Å². The van der Waals surface area contributed by atoms with E-state index >= 15 is 0 Å². The van der Waals surface area contributed by atoms with Crippen molar-refractivity contribution >= 4 is 17.5 Å². The third kappa shape index (κ3) is 3.02. The molecule has 2 amide bonds. The molecule has 0 bridgehead atoms. The highest BCUT2D eigenvalue weighted by Crippen LogP contribution is 2.11. The molecule has 0 unspecified atom stereocenters. The first-order valence-electron chi connectivity index (χ1n) is 6.13. The van der Waals surface area contributed by atoms with Crippen molar-refractivity contribution < 1.29 is 9.59 Å². The van der Waals surface area contributed by atoms with Crippen molar-refractivity contribution in [2.45, 2.75) is 0 Å². The van der Waals surface area contributed by atoms with E-state index in [-0.39, 0.29) is 11.8 Å². The molecule has 1 aromatic rings. The minimum Gasteiger partial charge on any atom is -0.396 e. The molecule has 4 N–H and O–H groups in total. The van der Waals surface area contributed by atoms with Crippen molar-refractivity contribution in [3.8, 4) is 0 Å².